The molecule has 0 saturated carbocycles. The van der Waals surface area contributed by atoms with E-state index in [1.54, 1.807) is 0 Å². The van der Waals surface area contributed by atoms with Crippen molar-refractivity contribution in [3.05, 3.63) is 108 Å². The summed E-state index contributed by atoms with van der Waals surface area (Å²) in [5.41, 5.74) is 9.72. The second kappa shape index (κ2) is 9.83. The molecule has 1 fully saturated rings. The zero-order valence-corrected chi connectivity index (χ0v) is 18.0. The van der Waals surface area contributed by atoms with Crippen molar-refractivity contribution in [2.75, 3.05) is 26.2 Å². The summed E-state index contributed by atoms with van der Waals surface area (Å²) >= 11 is 1.83. The van der Waals surface area contributed by atoms with E-state index in [1.165, 1.54) is 16.7 Å². The monoisotopic (exact) mass is 416 g/mol. The van der Waals surface area contributed by atoms with Gasteiger partial charge in [0.1, 0.15) is 5.03 Å². The molecule has 0 unspecified atom stereocenters. The molecule has 0 aliphatic carbocycles. The number of piperazine rings is 1. The van der Waals surface area contributed by atoms with Crippen LogP contribution in [0.5, 0.6) is 0 Å². The first-order chi connectivity index (χ1) is 14.7. The third-order valence-electron chi connectivity index (χ3n) is 5.46. The van der Waals surface area contributed by atoms with Crippen molar-refractivity contribution in [3.8, 4) is 0 Å². The van der Waals surface area contributed by atoms with Gasteiger partial charge in [-0.25, -0.2) is 4.98 Å². The molecule has 5 heteroatoms. The fourth-order valence-electron chi connectivity index (χ4n) is 3.78. The lowest BCUT2D eigenvalue weighted by Gasteiger charge is -2.36. The summed E-state index contributed by atoms with van der Waals surface area (Å²) < 4.78 is 0. The van der Waals surface area contributed by atoms with E-state index in [2.05, 4.69) is 83.1 Å². The maximum absolute atomic E-state index is 5.85. The largest absolute Gasteiger partial charge is 0.386 e. The van der Waals surface area contributed by atoms with Crippen molar-refractivity contribution < 1.29 is 0 Å². The smallest absolute Gasteiger partial charge is 0.101 e. The van der Waals surface area contributed by atoms with Gasteiger partial charge in [0.05, 0.1) is 11.1 Å². The van der Waals surface area contributed by atoms with Gasteiger partial charge in [-0.15, -0.1) is 0 Å². The Balaban J connectivity index is 1.54. The highest BCUT2D eigenvalue weighted by molar-refractivity contribution is 7.99. The van der Waals surface area contributed by atoms with Crippen LogP contribution in [0.15, 0.2) is 96.4 Å². The van der Waals surface area contributed by atoms with Gasteiger partial charge in [0, 0.05) is 38.9 Å². The maximum Gasteiger partial charge on any atom is 0.101 e. The zero-order valence-electron chi connectivity index (χ0n) is 17.2. The van der Waals surface area contributed by atoms with E-state index in [1.807, 2.05) is 24.0 Å². The van der Waals surface area contributed by atoms with Gasteiger partial charge in [0.15, 0.2) is 0 Å². The molecule has 2 N–H and O–H groups in total. The van der Waals surface area contributed by atoms with Crippen LogP contribution in [0.1, 0.15) is 21.9 Å². The van der Waals surface area contributed by atoms with Crippen LogP contribution in [0.2, 0.25) is 0 Å². The van der Waals surface area contributed by atoms with Crippen molar-refractivity contribution in [3.63, 3.8) is 0 Å². The summed E-state index contributed by atoms with van der Waals surface area (Å²) in [4.78, 5) is 9.39. The molecule has 1 aliphatic rings. The van der Waals surface area contributed by atoms with E-state index in [4.69, 9.17) is 10.7 Å². The van der Waals surface area contributed by atoms with E-state index >= 15 is 0 Å². The number of benzene rings is 2. The first kappa shape index (κ1) is 20.5. The Morgan fingerprint density at radius 2 is 1.50 bits per heavy atom. The molecule has 1 aliphatic heterocycles. The minimum absolute atomic E-state index is 0.207. The third kappa shape index (κ3) is 5.04. The molecule has 0 atom stereocenters. The Morgan fingerprint density at radius 1 is 0.900 bits per heavy atom. The summed E-state index contributed by atoms with van der Waals surface area (Å²) in [6.07, 6.45) is 1.90. The van der Waals surface area contributed by atoms with Crippen LogP contribution in [0.3, 0.4) is 0 Å². The van der Waals surface area contributed by atoms with Gasteiger partial charge >= 0.3 is 0 Å². The van der Waals surface area contributed by atoms with Gasteiger partial charge in [-0.3, -0.25) is 4.90 Å². The fourth-order valence-corrected chi connectivity index (χ4v) is 5.00. The van der Waals surface area contributed by atoms with Crippen LogP contribution in [0.25, 0.3) is 0 Å². The highest BCUT2D eigenvalue weighted by Gasteiger charge is 2.21. The normalized spacial score (nSPS) is 14.8. The molecule has 1 aromatic heterocycles. The fraction of sp³-hybridized carbons (Fsp3) is 0.240. The van der Waals surface area contributed by atoms with Crippen LogP contribution in [0, 0.1) is 0 Å². The van der Waals surface area contributed by atoms with Crippen molar-refractivity contribution in [1.29, 1.82) is 0 Å². The van der Waals surface area contributed by atoms with Crippen LogP contribution in [-0.2, 0) is 6.54 Å². The highest BCUT2D eigenvalue weighted by Crippen LogP contribution is 2.40. The van der Waals surface area contributed by atoms with E-state index in [0.717, 1.165) is 37.7 Å². The van der Waals surface area contributed by atoms with E-state index in [0.29, 0.717) is 5.82 Å². The molecule has 3 aromatic rings. The minimum atomic E-state index is 0.207. The number of aromatic nitrogens is 1. The van der Waals surface area contributed by atoms with E-state index in [-0.39, 0.29) is 5.25 Å². The second-order valence-corrected chi connectivity index (χ2v) is 8.64. The van der Waals surface area contributed by atoms with Gasteiger partial charge < -0.3 is 10.6 Å². The molecule has 4 rings (SSSR count). The van der Waals surface area contributed by atoms with Crippen molar-refractivity contribution >= 4 is 11.8 Å². The molecule has 4 nitrogen and oxygen atoms in total. The van der Waals surface area contributed by atoms with Crippen molar-refractivity contribution in [2.45, 2.75) is 16.8 Å². The summed E-state index contributed by atoms with van der Waals surface area (Å²) in [7, 11) is 0. The number of hydrogen-bond acceptors (Lipinski definition) is 5. The standard InChI is InChI=1S/C25H28N4S/c1-20(26)29-17-15-28(16-18-29)19-23-13-8-14-27-25(23)30-24(21-9-4-2-5-10-21)22-11-6-3-7-12-22/h2-14,24H,1,15-19,26H2. The summed E-state index contributed by atoms with van der Waals surface area (Å²) in [5, 5.41) is 1.30. The number of rotatable bonds is 7. The van der Waals surface area contributed by atoms with Crippen LogP contribution < -0.4 is 5.73 Å². The Bertz CT molecular complexity index is 914. The Kier molecular flexibility index (Phi) is 6.72. The molecule has 0 spiro atoms. The molecule has 154 valence electrons. The lowest BCUT2D eigenvalue weighted by molar-refractivity contribution is 0.151. The average molecular weight is 417 g/mol. The van der Waals surface area contributed by atoms with Gasteiger partial charge in [0.25, 0.3) is 0 Å². The molecular formula is C25H28N4S. The molecule has 0 bridgehead atoms. The van der Waals surface area contributed by atoms with Gasteiger partial charge in [-0.05, 0) is 22.8 Å². The first-order valence-corrected chi connectivity index (χ1v) is 11.2. The molecule has 1 saturated heterocycles. The predicted octanol–water partition coefficient (Wildman–Crippen LogP) is 4.51. The summed E-state index contributed by atoms with van der Waals surface area (Å²) in [5.74, 6) is 0.667. The Labute approximate surface area is 183 Å². The van der Waals surface area contributed by atoms with Crippen LogP contribution in [-0.4, -0.2) is 41.0 Å². The Morgan fingerprint density at radius 3 is 2.07 bits per heavy atom. The van der Waals surface area contributed by atoms with Crippen molar-refractivity contribution in [2.24, 2.45) is 5.73 Å². The molecule has 0 radical (unpaired) electrons. The molecule has 2 heterocycles. The number of pyridine rings is 1. The summed E-state index contributed by atoms with van der Waals surface area (Å²) in [6.45, 7) is 8.58. The van der Waals surface area contributed by atoms with E-state index < -0.39 is 0 Å². The average Bonchev–Trinajstić information content (AvgIpc) is 2.80. The maximum atomic E-state index is 5.85. The minimum Gasteiger partial charge on any atom is -0.386 e. The van der Waals surface area contributed by atoms with Crippen LogP contribution >= 0.6 is 11.8 Å². The van der Waals surface area contributed by atoms with Gasteiger partial charge in [0.2, 0.25) is 0 Å². The number of nitrogens with zero attached hydrogens (tertiary/aromatic N) is 3. The molecular weight excluding hydrogens is 388 g/mol. The second-order valence-electron chi connectivity index (χ2n) is 7.54. The number of nitrogens with two attached hydrogens (primary N) is 1. The summed E-state index contributed by atoms with van der Waals surface area (Å²) in [6, 6.07) is 25.6. The quantitative estimate of drug-likeness (QED) is 0.574. The zero-order chi connectivity index (χ0) is 20.8. The molecule has 2 aromatic carbocycles. The number of thioether (sulfide) groups is 1. The Hall–Kier alpha value is -2.76. The van der Waals surface area contributed by atoms with Gasteiger partial charge in [-0.1, -0.05) is 85.1 Å². The van der Waals surface area contributed by atoms with Crippen molar-refractivity contribution in [1.82, 2.24) is 14.8 Å². The molecule has 0 amide bonds. The third-order valence-corrected chi connectivity index (χ3v) is 6.83. The topological polar surface area (TPSA) is 45.4 Å². The number of hydrogen-bond donors (Lipinski definition) is 1. The van der Waals surface area contributed by atoms with Gasteiger partial charge in [-0.2, -0.15) is 0 Å². The highest BCUT2D eigenvalue weighted by atomic mass is 32.2. The van der Waals surface area contributed by atoms with Crippen LogP contribution in [0.4, 0.5) is 0 Å². The molecule has 30 heavy (non-hydrogen) atoms. The predicted molar refractivity (Wildman–Crippen MR) is 125 cm³/mol. The lowest BCUT2D eigenvalue weighted by Crippen LogP contribution is -2.46. The lowest BCUT2D eigenvalue weighted by atomic mass is 10.0. The van der Waals surface area contributed by atoms with E-state index in [9.17, 15) is 0 Å². The first-order valence-electron chi connectivity index (χ1n) is 10.3. The SMILES string of the molecule is C=C(N)N1CCN(Cc2cccnc2SC(c2ccccc2)c2ccccc2)CC1.